The zero-order valence-electron chi connectivity index (χ0n) is 12.1. The molecule has 0 amide bonds. The Morgan fingerprint density at radius 1 is 0.952 bits per heavy atom. The van der Waals surface area contributed by atoms with Crippen molar-refractivity contribution in [2.75, 3.05) is 18.0 Å². The first-order chi connectivity index (χ1) is 10.4. The molecule has 0 spiro atoms. The molecule has 2 aromatic rings. The zero-order chi connectivity index (χ0) is 14.3. The van der Waals surface area contributed by atoms with Gasteiger partial charge in [-0.05, 0) is 36.1 Å². The summed E-state index contributed by atoms with van der Waals surface area (Å²) in [4.78, 5) is 7.74. The van der Waals surface area contributed by atoms with Gasteiger partial charge in [0.25, 0.3) is 0 Å². The molecule has 0 aliphatic carbocycles. The third kappa shape index (κ3) is 3.85. The number of anilines is 1. The number of nitrogens with zero attached hydrogens (tertiary/aromatic N) is 2. The van der Waals surface area contributed by atoms with Crippen LogP contribution in [0.1, 0.15) is 24.0 Å². The van der Waals surface area contributed by atoms with Gasteiger partial charge >= 0.3 is 0 Å². The van der Waals surface area contributed by atoms with E-state index in [4.69, 9.17) is 4.84 Å². The Hall–Kier alpha value is -2.29. The van der Waals surface area contributed by atoms with E-state index in [2.05, 4.69) is 34.3 Å². The highest BCUT2D eigenvalue weighted by Gasteiger charge is 2.11. The maximum absolute atomic E-state index is 5.31. The van der Waals surface area contributed by atoms with Gasteiger partial charge in [-0.2, -0.15) is 0 Å². The Bertz CT molecular complexity index is 572. The van der Waals surface area contributed by atoms with Gasteiger partial charge in [0, 0.05) is 18.8 Å². The molecule has 0 radical (unpaired) electrons. The second kappa shape index (κ2) is 6.93. The topological polar surface area (TPSA) is 24.8 Å². The second-order valence-corrected chi connectivity index (χ2v) is 5.28. The minimum absolute atomic E-state index is 0.503. The van der Waals surface area contributed by atoms with Crippen molar-refractivity contribution < 1.29 is 4.84 Å². The van der Waals surface area contributed by atoms with Crippen LogP contribution in [0.25, 0.3) is 0 Å². The van der Waals surface area contributed by atoms with Gasteiger partial charge in [0.15, 0.2) is 0 Å². The van der Waals surface area contributed by atoms with Gasteiger partial charge in [-0.15, -0.1) is 0 Å². The zero-order valence-corrected chi connectivity index (χ0v) is 12.1. The highest BCUT2D eigenvalue weighted by Crippen LogP contribution is 2.19. The molecule has 21 heavy (non-hydrogen) atoms. The summed E-state index contributed by atoms with van der Waals surface area (Å²) in [6, 6.07) is 18.5. The van der Waals surface area contributed by atoms with Crippen LogP contribution in [-0.4, -0.2) is 19.3 Å². The molecule has 0 unspecified atom stereocenters. The molecule has 0 aromatic heterocycles. The average molecular weight is 280 g/mol. The van der Waals surface area contributed by atoms with Crippen molar-refractivity contribution >= 4 is 11.9 Å². The smallest absolute Gasteiger partial charge is 0.142 e. The van der Waals surface area contributed by atoms with E-state index in [0.29, 0.717) is 6.61 Å². The van der Waals surface area contributed by atoms with Gasteiger partial charge in [0.1, 0.15) is 6.61 Å². The summed E-state index contributed by atoms with van der Waals surface area (Å²) in [7, 11) is 0. The van der Waals surface area contributed by atoms with Crippen molar-refractivity contribution in [3.63, 3.8) is 0 Å². The standard InChI is InChI=1S/C18H20N2O/c1-2-6-17(7-3-1)15-21-19-14-16-8-10-18(11-9-16)20-12-4-5-13-20/h1-3,6-11,14H,4-5,12-13,15H2/b19-14+. The van der Waals surface area contributed by atoms with Gasteiger partial charge in [-0.1, -0.05) is 47.6 Å². The summed E-state index contributed by atoms with van der Waals surface area (Å²) < 4.78 is 0. The average Bonchev–Trinajstić information content (AvgIpc) is 3.08. The largest absolute Gasteiger partial charge is 0.391 e. The number of hydrogen-bond donors (Lipinski definition) is 0. The number of oxime groups is 1. The first-order valence-electron chi connectivity index (χ1n) is 7.46. The van der Waals surface area contributed by atoms with E-state index in [-0.39, 0.29) is 0 Å². The van der Waals surface area contributed by atoms with Crippen LogP contribution in [0.5, 0.6) is 0 Å². The monoisotopic (exact) mass is 280 g/mol. The fourth-order valence-electron chi connectivity index (χ4n) is 2.53. The number of benzene rings is 2. The second-order valence-electron chi connectivity index (χ2n) is 5.28. The van der Waals surface area contributed by atoms with Crippen molar-refractivity contribution in [2.24, 2.45) is 5.16 Å². The molecule has 3 rings (SSSR count). The quantitative estimate of drug-likeness (QED) is 0.614. The summed E-state index contributed by atoms with van der Waals surface area (Å²) in [5.74, 6) is 0. The first kappa shape index (κ1) is 13.7. The Balaban J connectivity index is 1.51. The lowest BCUT2D eigenvalue weighted by Gasteiger charge is -2.17. The third-order valence-electron chi connectivity index (χ3n) is 3.71. The predicted octanol–water partition coefficient (Wildman–Crippen LogP) is 3.84. The molecule has 1 fully saturated rings. The Kier molecular flexibility index (Phi) is 4.52. The van der Waals surface area contributed by atoms with Gasteiger partial charge in [-0.3, -0.25) is 0 Å². The highest BCUT2D eigenvalue weighted by molar-refractivity contribution is 5.79. The number of rotatable bonds is 5. The lowest BCUT2D eigenvalue weighted by atomic mass is 10.2. The Morgan fingerprint density at radius 3 is 2.38 bits per heavy atom. The molecule has 1 aliphatic heterocycles. The summed E-state index contributed by atoms with van der Waals surface area (Å²) in [6.07, 6.45) is 4.36. The van der Waals surface area contributed by atoms with Crippen molar-refractivity contribution in [1.82, 2.24) is 0 Å². The summed E-state index contributed by atoms with van der Waals surface area (Å²) >= 11 is 0. The van der Waals surface area contributed by atoms with Crippen LogP contribution in [0.4, 0.5) is 5.69 Å². The fraction of sp³-hybridized carbons (Fsp3) is 0.278. The molecular formula is C18H20N2O. The van der Waals surface area contributed by atoms with Gasteiger partial charge < -0.3 is 9.74 Å². The van der Waals surface area contributed by atoms with E-state index in [1.165, 1.54) is 31.6 Å². The number of hydrogen-bond acceptors (Lipinski definition) is 3. The molecule has 3 heteroatoms. The van der Waals surface area contributed by atoms with E-state index in [9.17, 15) is 0 Å². The van der Waals surface area contributed by atoms with Crippen molar-refractivity contribution in [1.29, 1.82) is 0 Å². The SMILES string of the molecule is C(=N\OCc1ccccc1)/c1ccc(N2CCCC2)cc1. The maximum atomic E-state index is 5.31. The van der Waals surface area contributed by atoms with Crippen LogP contribution in [0.2, 0.25) is 0 Å². The van der Waals surface area contributed by atoms with E-state index in [1.54, 1.807) is 6.21 Å². The molecule has 1 heterocycles. The normalized spacial score (nSPS) is 14.8. The Morgan fingerprint density at radius 2 is 1.67 bits per heavy atom. The summed E-state index contributed by atoms with van der Waals surface area (Å²) in [5, 5.41) is 4.03. The van der Waals surface area contributed by atoms with Gasteiger partial charge in [0.05, 0.1) is 6.21 Å². The third-order valence-corrected chi connectivity index (χ3v) is 3.71. The molecule has 3 nitrogen and oxygen atoms in total. The van der Waals surface area contributed by atoms with E-state index in [1.807, 2.05) is 30.3 Å². The fourth-order valence-corrected chi connectivity index (χ4v) is 2.53. The van der Waals surface area contributed by atoms with Crippen molar-refractivity contribution in [3.05, 3.63) is 65.7 Å². The van der Waals surface area contributed by atoms with E-state index >= 15 is 0 Å². The highest BCUT2D eigenvalue weighted by atomic mass is 16.6. The van der Waals surface area contributed by atoms with Crippen molar-refractivity contribution in [2.45, 2.75) is 19.4 Å². The minimum Gasteiger partial charge on any atom is -0.391 e. The molecular weight excluding hydrogens is 260 g/mol. The summed E-state index contributed by atoms with van der Waals surface area (Å²) in [5.41, 5.74) is 3.49. The lowest BCUT2D eigenvalue weighted by Crippen LogP contribution is -2.17. The van der Waals surface area contributed by atoms with E-state index in [0.717, 1.165) is 11.1 Å². The van der Waals surface area contributed by atoms with Crippen LogP contribution in [-0.2, 0) is 11.4 Å². The molecule has 1 aliphatic rings. The minimum atomic E-state index is 0.503. The van der Waals surface area contributed by atoms with E-state index < -0.39 is 0 Å². The predicted molar refractivity (Wildman–Crippen MR) is 86.7 cm³/mol. The van der Waals surface area contributed by atoms with Crippen LogP contribution >= 0.6 is 0 Å². The molecule has 108 valence electrons. The van der Waals surface area contributed by atoms with Crippen LogP contribution < -0.4 is 4.90 Å². The first-order valence-corrected chi connectivity index (χ1v) is 7.46. The van der Waals surface area contributed by atoms with Crippen molar-refractivity contribution in [3.8, 4) is 0 Å². The van der Waals surface area contributed by atoms with Crippen LogP contribution in [0.3, 0.4) is 0 Å². The van der Waals surface area contributed by atoms with Crippen LogP contribution in [0.15, 0.2) is 59.8 Å². The molecule has 1 saturated heterocycles. The molecule has 0 saturated carbocycles. The molecule has 0 N–H and O–H groups in total. The Labute approximate surface area is 125 Å². The maximum Gasteiger partial charge on any atom is 0.142 e. The summed E-state index contributed by atoms with van der Waals surface area (Å²) in [6.45, 7) is 2.85. The molecule has 0 bridgehead atoms. The lowest BCUT2D eigenvalue weighted by molar-refractivity contribution is 0.132. The van der Waals surface area contributed by atoms with Gasteiger partial charge in [0.2, 0.25) is 0 Å². The molecule has 2 aromatic carbocycles. The van der Waals surface area contributed by atoms with Crippen LogP contribution in [0, 0.1) is 0 Å². The molecule has 0 atom stereocenters. The van der Waals surface area contributed by atoms with Gasteiger partial charge in [-0.25, -0.2) is 0 Å².